The average molecular weight is 269 g/mol. The number of aromatic nitrogens is 1. The van der Waals surface area contributed by atoms with Crippen molar-refractivity contribution >= 4 is 26.8 Å². The fraction of sp³-hybridized carbons (Fsp3) is 0.273. The highest BCUT2D eigenvalue weighted by Gasteiger charge is 2.11. The first-order valence-corrected chi connectivity index (χ1v) is 5.51. The van der Waals surface area contributed by atoms with Crippen LogP contribution in [0.25, 0.3) is 10.9 Å². The van der Waals surface area contributed by atoms with E-state index in [9.17, 15) is 0 Å². The molecule has 1 aromatic carbocycles. The summed E-state index contributed by atoms with van der Waals surface area (Å²) in [6.07, 6.45) is 0. The van der Waals surface area contributed by atoms with Crippen LogP contribution in [0.4, 0.5) is 0 Å². The second kappa shape index (κ2) is 3.87. The topological polar surface area (TPSA) is 51.0 Å². The molecule has 4 heteroatoms. The van der Waals surface area contributed by atoms with Gasteiger partial charge >= 0.3 is 0 Å². The molecule has 3 N–H and O–H groups in total. The molecule has 0 amide bonds. The summed E-state index contributed by atoms with van der Waals surface area (Å²) in [5.41, 5.74) is 8.98. The van der Waals surface area contributed by atoms with Crippen LogP contribution >= 0.6 is 15.9 Å². The summed E-state index contributed by atoms with van der Waals surface area (Å²) in [5, 5.41) is 1.13. The minimum Gasteiger partial charge on any atom is -0.495 e. The predicted molar refractivity (Wildman–Crippen MR) is 65.2 cm³/mol. The van der Waals surface area contributed by atoms with Crippen LogP contribution in [0.1, 0.15) is 11.3 Å². The van der Waals surface area contributed by atoms with Crippen molar-refractivity contribution < 1.29 is 4.74 Å². The molecule has 0 aliphatic rings. The molecular formula is C11H13BrN2O. The summed E-state index contributed by atoms with van der Waals surface area (Å²) >= 11 is 3.46. The van der Waals surface area contributed by atoms with E-state index >= 15 is 0 Å². The van der Waals surface area contributed by atoms with Crippen LogP contribution in [0.15, 0.2) is 16.6 Å². The van der Waals surface area contributed by atoms with E-state index < -0.39 is 0 Å². The van der Waals surface area contributed by atoms with Crippen LogP contribution in [0.5, 0.6) is 5.75 Å². The van der Waals surface area contributed by atoms with Crippen molar-refractivity contribution in [2.24, 2.45) is 5.73 Å². The highest BCUT2D eigenvalue weighted by atomic mass is 79.9. The third kappa shape index (κ3) is 1.64. The van der Waals surface area contributed by atoms with Crippen LogP contribution in [0.3, 0.4) is 0 Å². The van der Waals surface area contributed by atoms with Gasteiger partial charge in [-0.15, -0.1) is 0 Å². The molecule has 0 spiro atoms. The minimum atomic E-state index is 0.533. The Morgan fingerprint density at radius 3 is 2.80 bits per heavy atom. The quantitative estimate of drug-likeness (QED) is 0.880. The lowest BCUT2D eigenvalue weighted by Gasteiger charge is -2.03. The molecule has 80 valence electrons. The second-order valence-electron chi connectivity index (χ2n) is 3.46. The Labute approximate surface area is 96.7 Å². The lowest BCUT2D eigenvalue weighted by Crippen LogP contribution is -1.96. The van der Waals surface area contributed by atoms with Gasteiger partial charge in [-0.1, -0.05) is 15.9 Å². The number of aryl methyl sites for hydroxylation is 1. The third-order valence-electron chi connectivity index (χ3n) is 2.58. The molecule has 0 aliphatic carbocycles. The van der Waals surface area contributed by atoms with Gasteiger partial charge in [0.15, 0.2) is 0 Å². The Morgan fingerprint density at radius 1 is 1.47 bits per heavy atom. The summed E-state index contributed by atoms with van der Waals surface area (Å²) in [6, 6.07) is 4.00. The standard InChI is InChI=1S/C11H13BrN2O/c1-6-9(5-13)8-3-7(12)4-10(15-2)11(8)14-6/h3-4,14H,5,13H2,1-2H3. The molecule has 0 saturated heterocycles. The molecule has 0 radical (unpaired) electrons. The van der Waals surface area contributed by atoms with Gasteiger partial charge in [0, 0.05) is 22.1 Å². The molecule has 2 aromatic rings. The van der Waals surface area contributed by atoms with E-state index in [1.54, 1.807) is 7.11 Å². The first-order valence-electron chi connectivity index (χ1n) is 4.72. The number of halogens is 1. The number of aromatic amines is 1. The number of hydrogen-bond donors (Lipinski definition) is 2. The van der Waals surface area contributed by atoms with Gasteiger partial charge in [0.25, 0.3) is 0 Å². The summed E-state index contributed by atoms with van der Waals surface area (Å²) < 4.78 is 6.32. The first kappa shape index (κ1) is 10.5. The number of benzene rings is 1. The number of H-pyrrole nitrogens is 1. The number of methoxy groups -OCH3 is 1. The lowest BCUT2D eigenvalue weighted by molar-refractivity contribution is 0.418. The van der Waals surface area contributed by atoms with Crippen LogP contribution < -0.4 is 10.5 Å². The Morgan fingerprint density at radius 2 is 2.20 bits per heavy atom. The van der Waals surface area contributed by atoms with E-state index in [2.05, 4.69) is 27.0 Å². The number of rotatable bonds is 2. The molecule has 1 heterocycles. The number of hydrogen-bond acceptors (Lipinski definition) is 2. The maximum Gasteiger partial charge on any atom is 0.144 e. The number of nitrogens with one attached hydrogen (secondary N) is 1. The van der Waals surface area contributed by atoms with Gasteiger partial charge in [-0.2, -0.15) is 0 Å². The van der Waals surface area contributed by atoms with E-state index in [-0.39, 0.29) is 0 Å². The Balaban J connectivity index is 2.83. The molecule has 3 nitrogen and oxygen atoms in total. The number of ether oxygens (including phenoxy) is 1. The highest BCUT2D eigenvalue weighted by molar-refractivity contribution is 9.10. The zero-order valence-electron chi connectivity index (χ0n) is 8.73. The van der Waals surface area contributed by atoms with E-state index in [0.29, 0.717) is 6.54 Å². The summed E-state index contributed by atoms with van der Waals surface area (Å²) in [6.45, 7) is 2.56. The van der Waals surface area contributed by atoms with E-state index in [1.807, 2.05) is 13.0 Å². The van der Waals surface area contributed by atoms with E-state index in [1.165, 1.54) is 0 Å². The van der Waals surface area contributed by atoms with Gasteiger partial charge < -0.3 is 15.5 Å². The summed E-state index contributed by atoms with van der Waals surface area (Å²) in [7, 11) is 1.67. The van der Waals surface area contributed by atoms with Crippen molar-refractivity contribution in [1.82, 2.24) is 4.98 Å². The molecule has 0 saturated carbocycles. The zero-order valence-corrected chi connectivity index (χ0v) is 10.3. The van der Waals surface area contributed by atoms with Gasteiger partial charge in [0.1, 0.15) is 5.75 Å². The molecule has 1 aromatic heterocycles. The fourth-order valence-electron chi connectivity index (χ4n) is 1.84. The van der Waals surface area contributed by atoms with Crippen LogP contribution in [0, 0.1) is 6.92 Å². The number of nitrogens with two attached hydrogens (primary N) is 1. The average Bonchev–Trinajstić information content (AvgIpc) is 2.52. The molecule has 0 atom stereocenters. The molecule has 0 aliphatic heterocycles. The highest BCUT2D eigenvalue weighted by Crippen LogP contribution is 2.32. The van der Waals surface area contributed by atoms with Gasteiger partial charge in [0.05, 0.1) is 12.6 Å². The molecule has 15 heavy (non-hydrogen) atoms. The lowest BCUT2D eigenvalue weighted by atomic mass is 10.1. The normalized spacial score (nSPS) is 10.9. The monoisotopic (exact) mass is 268 g/mol. The zero-order chi connectivity index (χ0) is 11.0. The van der Waals surface area contributed by atoms with Gasteiger partial charge in [-0.3, -0.25) is 0 Å². The van der Waals surface area contributed by atoms with Crippen molar-refractivity contribution in [2.45, 2.75) is 13.5 Å². The Bertz CT molecular complexity index is 505. The first-order chi connectivity index (χ1) is 7.17. The molecular weight excluding hydrogens is 256 g/mol. The van der Waals surface area contributed by atoms with Crippen molar-refractivity contribution in [3.05, 3.63) is 27.9 Å². The van der Waals surface area contributed by atoms with E-state index in [0.717, 1.165) is 32.4 Å². The third-order valence-corrected chi connectivity index (χ3v) is 3.04. The van der Waals surface area contributed by atoms with E-state index in [4.69, 9.17) is 10.5 Å². The van der Waals surface area contributed by atoms with Crippen molar-refractivity contribution in [1.29, 1.82) is 0 Å². The van der Waals surface area contributed by atoms with Crippen LogP contribution in [-0.4, -0.2) is 12.1 Å². The summed E-state index contributed by atoms with van der Waals surface area (Å²) in [5.74, 6) is 0.835. The van der Waals surface area contributed by atoms with Crippen molar-refractivity contribution in [2.75, 3.05) is 7.11 Å². The Hall–Kier alpha value is -1.00. The van der Waals surface area contributed by atoms with Crippen molar-refractivity contribution in [3.63, 3.8) is 0 Å². The largest absolute Gasteiger partial charge is 0.495 e. The minimum absolute atomic E-state index is 0.533. The molecule has 0 bridgehead atoms. The smallest absolute Gasteiger partial charge is 0.144 e. The second-order valence-corrected chi connectivity index (χ2v) is 4.38. The summed E-state index contributed by atoms with van der Waals surface area (Å²) in [4.78, 5) is 3.30. The maximum atomic E-state index is 5.73. The number of fused-ring (bicyclic) bond motifs is 1. The van der Waals surface area contributed by atoms with Gasteiger partial charge in [-0.05, 0) is 24.6 Å². The Kier molecular flexibility index (Phi) is 2.71. The predicted octanol–water partition coefficient (Wildman–Crippen LogP) is 2.71. The fourth-order valence-corrected chi connectivity index (χ4v) is 2.27. The van der Waals surface area contributed by atoms with Crippen LogP contribution in [-0.2, 0) is 6.54 Å². The van der Waals surface area contributed by atoms with Gasteiger partial charge in [-0.25, -0.2) is 0 Å². The van der Waals surface area contributed by atoms with Gasteiger partial charge in [0.2, 0.25) is 0 Å². The van der Waals surface area contributed by atoms with Crippen LogP contribution in [0.2, 0.25) is 0 Å². The molecule has 0 unspecified atom stereocenters. The molecule has 2 rings (SSSR count). The molecule has 0 fully saturated rings. The maximum absolute atomic E-state index is 5.73. The van der Waals surface area contributed by atoms with Crippen molar-refractivity contribution in [3.8, 4) is 5.75 Å². The SMILES string of the molecule is COc1cc(Br)cc2c(CN)c(C)[nH]c12.